The van der Waals surface area contributed by atoms with Gasteiger partial charge in [0.25, 0.3) is 5.91 Å². The molecule has 0 radical (unpaired) electrons. The molecule has 0 aromatic heterocycles. The molecule has 0 aliphatic carbocycles. The van der Waals surface area contributed by atoms with Crippen molar-refractivity contribution in [2.75, 3.05) is 19.0 Å². The van der Waals surface area contributed by atoms with Crippen molar-refractivity contribution in [3.05, 3.63) is 53.6 Å². The van der Waals surface area contributed by atoms with Crippen molar-refractivity contribution >= 4 is 29.8 Å². The molecule has 2 aromatic carbocycles. The highest BCUT2D eigenvalue weighted by Gasteiger charge is 2.09. The molecule has 0 bridgehead atoms. The Morgan fingerprint density at radius 3 is 2.46 bits per heavy atom. The van der Waals surface area contributed by atoms with Crippen molar-refractivity contribution in [1.29, 1.82) is 0 Å². The number of carbonyl (C=O) groups is 3. The molecular formula is C18H18N4O6. The first kappa shape index (κ1) is 20.2. The molecule has 0 atom stereocenters. The van der Waals surface area contributed by atoms with Gasteiger partial charge in [-0.3, -0.25) is 4.79 Å². The van der Waals surface area contributed by atoms with E-state index in [4.69, 9.17) is 20.3 Å². The van der Waals surface area contributed by atoms with Gasteiger partial charge in [-0.1, -0.05) is 0 Å². The number of amides is 3. The third kappa shape index (κ3) is 6.02. The average Bonchev–Trinajstić information content (AvgIpc) is 2.67. The number of aromatic carboxylic acids is 1. The number of rotatable bonds is 8. The van der Waals surface area contributed by atoms with Crippen molar-refractivity contribution in [2.45, 2.75) is 0 Å². The maximum Gasteiger partial charge on any atom is 0.335 e. The van der Waals surface area contributed by atoms with Crippen molar-refractivity contribution in [3.8, 4) is 11.5 Å². The van der Waals surface area contributed by atoms with E-state index in [0.29, 0.717) is 22.7 Å². The molecule has 5 N–H and O–H groups in total. The minimum absolute atomic E-state index is 0.119. The summed E-state index contributed by atoms with van der Waals surface area (Å²) in [4.78, 5) is 33.4. The van der Waals surface area contributed by atoms with Gasteiger partial charge in [-0.15, -0.1) is 0 Å². The Balaban J connectivity index is 1.95. The molecule has 0 heterocycles. The molecule has 2 aromatic rings. The van der Waals surface area contributed by atoms with Gasteiger partial charge in [-0.25, -0.2) is 15.0 Å². The van der Waals surface area contributed by atoms with Crippen LogP contribution in [-0.4, -0.2) is 42.9 Å². The van der Waals surface area contributed by atoms with Gasteiger partial charge in [-0.2, -0.15) is 5.10 Å². The number of primary amides is 1. The quantitative estimate of drug-likeness (QED) is 0.397. The number of nitrogens with two attached hydrogens (primary N) is 1. The maximum absolute atomic E-state index is 12.0. The molecule has 0 fully saturated rings. The van der Waals surface area contributed by atoms with E-state index in [2.05, 4.69) is 15.8 Å². The van der Waals surface area contributed by atoms with E-state index in [-0.39, 0.29) is 12.2 Å². The number of carbonyl (C=O) groups excluding carboxylic acids is 2. The van der Waals surface area contributed by atoms with Crippen LogP contribution >= 0.6 is 0 Å². The molecule has 0 spiro atoms. The molecule has 146 valence electrons. The standard InChI is InChI=1S/C18H18N4O6/c1-27-15-8-11(9-20-22-18(19)26)2-7-14(15)28-10-16(23)21-13-5-3-12(4-6-13)17(24)25/h2-9H,10H2,1H3,(H,21,23)(H,24,25)(H3,19,22,26)/b20-9+. The predicted octanol–water partition coefficient (Wildman–Crippen LogP) is 1.41. The first-order chi connectivity index (χ1) is 13.4. The third-order valence-corrected chi connectivity index (χ3v) is 3.35. The van der Waals surface area contributed by atoms with Crippen LogP contribution in [0.4, 0.5) is 10.5 Å². The zero-order valence-corrected chi connectivity index (χ0v) is 14.8. The zero-order valence-electron chi connectivity index (χ0n) is 14.8. The summed E-state index contributed by atoms with van der Waals surface area (Å²) in [6.45, 7) is -0.284. The number of nitrogens with one attached hydrogen (secondary N) is 2. The SMILES string of the molecule is COc1cc(/C=N/NC(N)=O)ccc1OCC(=O)Nc1ccc(C(=O)O)cc1. The smallest absolute Gasteiger partial charge is 0.335 e. The highest BCUT2D eigenvalue weighted by atomic mass is 16.5. The Hall–Kier alpha value is -4.08. The third-order valence-electron chi connectivity index (χ3n) is 3.35. The summed E-state index contributed by atoms with van der Waals surface area (Å²) in [5.41, 5.74) is 8.15. The van der Waals surface area contributed by atoms with Gasteiger partial charge in [0.15, 0.2) is 18.1 Å². The molecule has 0 saturated heterocycles. The number of hydrazone groups is 1. The van der Waals surface area contributed by atoms with Gasteiger partial charge in [0.05, 0.1) is 18.9 Å². The van der Waals surface area contributed by atoms with Crippen molar-refractivity contribution in [2.24, 2.45) is 10.8 Å². The van der Waals surface area contributed by atoms with Crippen LogP contribution in [0.2, 0.25) is 0 Å². The number of hydrogen-bond donors (Lipinski definition) is 4. The molecule has 10 heteroatoms. The number of carboxylic acids is 1. The second-order valence-electron chi connectivity index (χ2n) is 5.36. The maximum atomic E-state index is 12.0. The number of benzene rings is 2. The lowest BCUT2D eigenvalue weighted by atomic mass is 10.2. The predicted molar refractivity (Wildman–Crippen MR) is 101 cm³/mol. The summed E-state index contributed by atoms with van der Waals surface area (Å²) in [7, 11) is 1.44. The van der Waals surface area contributed by atoms with E-state index in [0.717, 1.165) is 0 Å². The van der Waals surface area contributed by atoms with Gasteiger partial charge in [0.1, 0.15) is 0 Å². The number of hydrogen-bond acceptors (Lipinski definition) is 6. The summed E-state index contributed by atoms with van der Waals surface area (Å²) in [6, 6.07) is 9.78. The van der Waals surface area contributed by atoms with E-state index in [9.17, 15) is 14.4 Å². The largest absolute Gasteiger partial charge is 0.493 e. The molecule has 0 saturated carbocycles. The number of carboxylic acid groups (broad SMARTS) is 1. The summed E-state index contributed by atoms with van der Waals surface area (Å²) in [6.07, 6.45) is 1.37. The topological polar surface area (TPSA) is 152 Å². The van der Waals surface area contributed by atoms with Crippen LogP contribution in [0.15, 0.2) is 47.6 Å². The molecule has 0 aliphatic heterocycles. The zero-order chi connectivity index (χ0) is 20.5. The van der Waals surface area contributed by atoms with Gasteiger partial charge in [0.2, 0.25) is 0 Å². The fourth-order valence-corrected chi connectivity index (χ4v) is 2.09. The van der Waals surface area contributed by atoms with Crippen molar-refractivity contribution < 1.29 is 29.0 Å². The molecule has 0 unspecified atom stereocenters. The number of ether oxygens (including phenoxy) is 2. The first-order valence-electron chi connectivity index (χ1n) is 7.91. The monoisotopic (exact) mass is 386 g/mol. The Labute approximate surface area is 159 Å². The van der Waals surface area contributed by atoms with Gasteiger partial charge >= 0.3 is 12.0 Å². The highest BCUT2D eigenvalue weighted by molar-refractivity contribution is 5.93. The van der Waals surface area contributed by atoms with Crippen LogP contribution in [0.3, 0.4) is 0 Å². The minimum Gasteiger partial charge on any atom is -0.493 e. The average molecular weight is 386 g/mol. The lowest BCUT2D eigenvalue weighted by Crippen LogP contribution is -2.24. The summed E-state index contributed by atoms with van der Waals surface area (Å²) >= 11 is 0. The Kier molecular flexibility index (Phi) is 6.92. The van der Waals surface area contributed by atoms with Gasteiger partial charge in [-0.05, 0) is 48.0 Å². The van der Waals surface area contributed by atoms with Crippen LogP contribution in [-0.2, 0) is 4.79 Å². The van der Waals surface area contributed by atoms with Gasteiger partial charge < -0.3 is 25.6 Å². The van der Waals surface area contributed by atoms with E-state index < -0.39 is 17.9 Å². The molecule has 3 amide bonds. The van der Waals surface area contributed by atoms with Gasteiger partial charge in [0, 0.05) is 5.69 Å². The number of anilines is 1. The second kappa shape index (κ2) is 9.57. The fourth-order valence-electron chi connectivity index (χ4n) is 2.09. The van der Waals surface area contributed by atoms with E-state index in [1.54, 1.807) is 18.2 Å². The Morgan fingerprint density at radius 1 is 1.14 bits per heavy atom. The molecule has 28 heavy (non-hydrogen) atoms. The van der Waals surface area contributed by atoms with Crippen LogP contribution < -0.4 is 25.9 Å². The van der Waals surface area contributed by atoms with Crippen LogP contribution in [0.25, 0.3) is 0 Å². The number of methoxy groups -OCH3 is 1. The van der Waals surface area contributed by atoms with E-state index in [1.165, 1.54) is 37.6 Å². The number of urea groups is 1. The van der Waals surface area contributed by atoms with Crippen LogP contribution in [0, 0.1) is 0 Å². The highest BCUT2D eigenvalue weighted by Crippen LogP contribution is 2.27. The minimum atomic E-state index is -1.05. The van der Waals surface area contributed by atoms with Crippen LogP contribution in [0.5, 0.6) is 11.5 Å². The molecule has 0 aliphatic rings. The van der Waals surface area contributed by atoms with Crippen molar-refractivity contribution in [3.63, 3.8) is 0 Å². The van der Waals surface area contributed by atoms with Crippen LogP contribution in [0.1, 0.15) is 15.9 Å². The lowest BCUT2D eigenvalue weighted by Gasteiger charge is -2.11. The normalized spacial score (nSPS) is 10.3. The molecule has 10 nitrogen and oxygen atoms in total. The van der Waals surface area contributed by atoms with E-state index in [1.807, 2.05) is 0 Å². The first-order valence-corrected chi connectivity index (χ1v) is 7.91. The Morgan fingerprint density at radius 2 is 1.86 bits per heavy atom. The summed E-state index contributed by atoms with van der Waals surface area (Å²) in [5, 5.41) is 15.1. The van der Waals surface area contributed by atoms with Crippen molar-refractivity contribution in [1.82, 2.24) is 5.43 Å². The lowest BCUT2D eigenvalue weighted by molar-refractivity contribution is -0.118. The Bertz CT molecular complexity index is 895. The molecule has 2 rings (SSSR count). The molecular weight excluding hydrogens is 368 g/mol. The van der Waals surface area contributed by atoms with E-state index >= 15 is 0 Å². The fraction of sp³-hybridized carbons (Fsp3) is 0.111. The number of nitrogens with zero attached hydrogens (tertiary/aromatic N) is 1. The summed E-state index contributed by atoms with van der Waals surface area (Å²) in [5.74, 6) is -0.783. The summed E-state index contributed by atoms with van der Waals surface area (Å²) < 4.78 is 10.7. The second-order valence-corrected chi connectivity index (χ2v) is 5.36.